The number of hydrogen-bond acceptors (Lipinski definition) is 2. The third-order valence-electron chi connectivity index (χ3n) is 2.63. The highest BCUT2D eigenvalue weighted by Crippen LogP contribution is 2.36. The van der Waals surface area contributed by atoms with Gasteiger partial charge in [0.15, 0.2) is 4.87 Å². The maximum Gasteiger partial charge on any atom is 0.180 e. The zero-order valence-electron chi connectivity index (χ0n) is 9.10. The first-order valence-corrected chi connectivity index (χ1v) is 5.56. The summed E-state index contributed by atoms with van der Waals surface area (Å²) in [4.78, 5) is -1.16. The van der Waals surface area contributed by atoms with Crippen molar-refractivity contribution in [3.05, 3.63) is 65.7 Å². The van der Waals surface area contributed by atoms with Crippen LogP contribution < -0.4 is 5.73 Å². The van der Waals surface area contributed by atoms with Crippen LogP contribution in [0.4, 0.5) is 5.69 Å². The molecular weight excluding hydrogens is 232 g/mol. The third kappa shape index (κ3) is 2.11. The van der Waals surface area contributed by atoms with Gasteiger partial charge in [0.1, 0.15) is 0 Å². The lowest BCUT2D eigenvalue weighted by Gasteiger charge is -2.20. The molecule has 2 nitrogen and oxygen atoms in total. The molecule has 0 aromatic heterocycles. The third-order valence-corrected chi connectivity index (χ3v) is 3.16. The fourth-order valence-electron chi connectivity index (χ4n) is 1.68. The number of nitrogens with zero attached hydrogens (tertiary/aromatic N) is 1. The van der Waals surface area contributed by atoms with Crippen LogP contribution in [-0.2, 0) is 4.87 Å². The summed E-state index contributed by atoms with van der Waals surface area (Å²) in [7, 11) is 0. The predicted octanol–water partition coefficient (Wildman–Crippen LogP) is 3.27. The van der Waals surface area contributed by atoms with Gasteiger partial charge >= 0.3 is 0 Å². The van der Waals surface area contributed by atoms with Crippen molar-refractivity contribution in [3.8, 4) is 6.07 Å². The maximum atomic E-state index is 9.35. The van der Waals surface area contributed by atoms with Crippen LogP contribution in [0.3, 0.4) is 0 Å². The van der Waals surface area contributed by atoms with Crippen molar-refractivity contribution < 1.29 is 0 Å². The predicted molar refractivity (Wildman–Crippen MR) is 69.5 cm³/mol. The summed E-state index contributed by atoms with van der Waals surface area (Å²) in [6, 6.07) is 18.5. The maximum absolute atomic E-state index is 9.35. The van der Waals surface area contributed by atoms with Gasteiger partial charge in [-0.1, -0.05) is 54.1 Å². The molecule has 0 spiro atoms. The molecule has 0 saturated heterocycles. The Morgan fingerprint density at radius 3 is 2.00 bits per heavy atom. The molecule has 0 unspecified atom stereocenters. The van der Waals surface area contributed by atoms with E-state index in [1.165, 1.54) is 0 Å². The molecule has 2 N–H and O–H groups in total. The van der Waals surface area contributed by atoms with E-state index >= 15 is 0 Å². The van der Waals surface area contributed by atoms with E-state index in [0.29, 0.717) is 5.69 Å². The smallest absolute Gasteiger partial charge is 0.180 e. The molecule has 2 aromatic carbocycles. The Morgan fingerprint density at radius 2 is 1.47 bits per heavy atom. The highest BCUT2D eigenvalue weighted by molar-refractivity contribution is 6.28. The zero-order valence-corrected chi connectivity index (χ0v) is 9.85. The Hall–Kier alpha value is -1.98. The molecule has 0 saturated carbocycles. The largest absolute Gasteiger partial charge is 0.399 e. The number of anilines is 1. The lowest BCUT2D eigenvalue weighted by Crippen LogP contribution is -2.17. The second kappa shape index (κ2) is 4.48. The molecule has 84 valence electrons. The van der Waals surface area contributed by atoms with Gasteiger partial charge in [-0.15, -0.1) is 0 Å². The van der Waals surface area contributed by atoms with Gasteiger partial charge in [-0.25, -0.2) is 0 Å². The minimum absolute atomic E-state index is 0.652. The molecule has 2 aromatic rings. The quantitative estimate of drug-likeness (QED) is 0.649. The first kappa shape index (κ1) is 11.5. The second-order valence-corrected chi connectivity index (χ2v) is 4.33. The van der Waals surface area contributed by atoms with Gasteiger partial charge in [0, 0.05) is 5.69 Å². The zero-order chi connectivity index (χ0) is 12.3. The number of nitriles is 1. The average molecular weight is 243 g/mol. The minimum Gasteiger partial charge on any atom is -0.399 e. The van der Waals surface area contributed by atoms with Gasteiger partial charge in [-0.3, -0.25) is 0 Å². The summed E-state index contributed by atoms with van der Waals surface area (Å²) in [6.07, 6.45) is 0. The fourth-order valence-corrected chi connectivity index (χ4v) is 1.93. The lowest BCUT2D eigenvalue weighted by atomic mass is 9.91. The molecule has 0 bridgehead atoms. The van der Waals surface area contributed by atoms with Crippen LogP contribution >= 0.6 is 11.6 Å². The normalized spacial score (nSPS) is 13.6. The van der Waals surface area contributed by atoms with Crippen molar-refractivity contribution in [2.75, 3.05) is 5.73 Å². The van der Waals surface area contributed by atoms with Gasteiger partial charge in [-0.05, 0) is 23.3 Å². The van der Waals surface area contributed by atoms with Crippen molar-refractivity contribution in [3.63, 3.8) is 0 Å². The van der Waals surface area contributed by atoms with Gasteiger partial charge in [0.05, 0.1) is 6.07 Å². The van der Waals surface area contributed by atoms with Crippen molar-refractivity contribution in [2.45, 2.75) is 4.87 Å². The monoisotopic (exact) mass is 242 g/mol. The molecule has 3 heteroatoms. The van der Waals surface area contributed by atoms with Crippen molar-refractivity contribution in [2.24, 2.45) is 0 Å². The van der Waals surface area contributed by atoms with E-state index in [0.717, 1.165) is 11.1 Å². The summed E-state index contributed by atoms with van der Waals surface area (Å²) in [5, 5.41) is 9.35. The van der Waals surface area contributed by atoms with E-state index in [1.807, 2.05) is 30.3 Å². The summed E-state index contributed by atoms with van der Waals surface area (Å²) in [6.45, 7) is 0. The van der Waals surface area contributed by atoms with Crippen molar-refractivity contribution in [1.29, 1.82) is 5.26 Å². The molecule has 1 atom stereocenters. The Morgan fingerprint density at radius 1 is 0.941 bits per heavy atom. The van der Waals surface area contributed by atoms with E-state index < -0.39 is 4.87 Å². The number of nitrogens with two attached hydrogens (primary N) is 1. The molecule has 0 amide bonds. The number of rotatable bonds is 2. The number of benzene rings is 2. The van der Waals surface area contributed by atoms with Crippen molar-refractivity contribution in [1.82, 2.24) is 0 Å². The topological polar surface area (TPSA) is 49.8 Å². The standard InChI is InChI=1S/C14H11ClN2/c15-14(10-16,11-4-2-1-3-5-11)12-6-8-13(17)9-7-12/h1-9H,17H2/t14-/m0/s1. The van der Waals surface area contributed by atoms with E-state index in [-0.39, 0.29) is 0 Å². The molecule has 0 heterocycles. The molecular formula is C14H11ClN2. The highest BCUT2D eigenvalue weighted by Gasteiger charge is 2.31. The van der Waals surface area contributed by atoms with E-state index in [2.05, 4.69) is 6.07 Å². The van der Waals surface area contributed by atoms with Crippen LogP contribution in [0.1, 0.15) is 11.1 Å². The first-order chi connectivity index (χ1) is 8.16. The van der Waals surface area contributed by atoms with Crippen LogP contribution in [0.2, 0.25) is 0 Å². The van der Waals surface area contributed by atoms with Gasteiger partial charge < -0.3 is 5.73 Å². The van der Waals surface area contributed by atoms with Crippen LogP contribution in [-0.4, -0.2) is 0 Å². The summed E-state index contributed by atoms with van der Waals surface area (Å²) >= 11 is 6.42. The number of alkyl halides is 1. The van der Waals surface area contributed by atoms with Gasteiger partial charge in [-0.2, -0.15) is 5.26 Å². The number of hydrogen-bond donors (Lipinski definition) is 1. The van der Waals surface area contributed by atoms with E-state index in [1.54, 1.807) is 24.3 Å². The molecule has 0 fully saturated rings. The summed E-state index contributed by atoms with van der Waals surface area (Å²) in [5.74, 6) is 0. The fraction of sp³-hybridized carbons (Fsp3) is 0.0714. The Labute approximate surface area is 105 Å². The Balaban J connectivity index is 2.53. The first-order valence-electron chi connectivity index (χ1n) is 5.18. The number of nitrogen functional groups attached to an aromatic ring is 1. The minimum atomic E-state index is -1.16. The molecule has 0 aliphatic carbocycles. The second-order valence-electron chi connectivity index (χ2n) is 3.76. The van der Waals surface area contributed by atoms with Crippen LogP contribution in [0.15, 0.2) is 54.6 Å². The Kier molecular flexibility index (Phi) is 3.03. The molecule has 0 aliphatic rings. The summed E-state index contributed by atoms with van der Waals surface area (Å²) < 4.78 is 0. The van der Waals surface area contributed by atoms with Gasteiger partial charge in [0.2, 0.25) is 0 Å². The van der Waals surface area contributed by atoms with Crippen LogP contribution in [0, 0.1) is 11.3 Å². The highest BCUT2D eigenvalue weighted by atomic mass is 35.5. The number of halogens is 1. The van der Waals surface area contributed by atoms with Crippen molar-refractivity contribution >= 4 is 17.3 Å². The van der Waals surface area contributed by atoms with Gasteiger partial charge in [0.25, 0.3) is 0 Å². The lowest BCUT2D eigenvalue weighted by molar-refractivity contribution is 0.939. The van der Waals surface area contributed by atoms with E-state index in [9.17, 15) is 5.26 Å². The Bertz CT molecular complexity index is 543. The molecule has 0 radical (unpaired) electrons. The van der Waals surface area contributed by atoms with Crippen LogP contribution in [0.25, 0.3) is 0 Å². The molecule has 0 aliphatic heterocycles. The van der Waals surface area contributed by atoms with E-state index in [4.69, 9.17) is 17.3 Å². The summed E-state index contributed by atoms with van der Waals surface area (Å²) in [5.41, 5.74) is 7.76. The SMILES string of the molecule is N#C[C@](Cl)(c1ccccc1)c1ccc(N)cc1. The molecule has 17 heavy (non-hydrogen) atoms. The van der Waals surface area contributed by atoms with Crippen LogP contribution in [0.5, 0.6) is 0 Å². The average Bonchev–Trinajstić information content (AvgIpc) is 2.40. The molecule has 2 rings (SSSR count).